The van der Waals surface area contributed by atoms with Crippen molar-refractivity contribution in [3.63, 3.8) is 0 Å². The lowest BCUT2D eigenvalue weighted by atomic mass is 10.1. The number of carbonyl (C=O) groups excluding carboxylic acids is 1. The van der Waals surface area contributed by atoms with Crippen LogP contribution in [0.25, 0.3) is 10.9 Å². The second-order valence-electron chi connectivity index (χ2n) is 8.73. The van der Waals surface area contributed by atoms with Gasteiger partial charge in [0.1, 0.15) is 6.61 Å². The van der Waals surface area contributed by atoms with Crippen molar-refractivity contribution in [2.45, 2.75) is 79.7 Å². The quantitative estimate of drug-likeness (QED) is 0.180. The number of aromatic nitrogens is 1. The van der Waals surface area contributed by atoms with E-state index in [0.29, 0.717) is 23.1 Å². The van der Waals surface area contributed by atoms with Crippen LogP contribution < -0.4 is 20.8 Å². The summed E-state index contributed by atoms with van der Waals surface area (Å²) in [6.07, 6.45) is 10.2. The maximum absolute atomic E-state index is 13.4. The molecule has 0 amide bonds. The summed E-state index contributed by atoms with van der Waals surface area (Å²) in [6, 6.07) is 5.36. The van der Waals surface area contributed by atoms with Crippen LogP contribution in [0.1, 0.15) is 73.1 Å². The number of pyridine rings is 1. The number of aryl methyl sites for hydroxylation is 1. The summed E-state index contributed by atoms with van der Waals surface area (Å²) in [5.41, 5.74) is 9.40. The van der Waals surface area contributed by atoms with Gasteiger partial charge in [-0.3, -0.25) is 9.59 Å². The molecule has 1 aromatic carbocycles. The molecule has 2 rings (SSSR count). The van der Waals surface area contributed by atoms with Crippen molar-refractivity contribution in [1.29, 1.82) is 0 Å². The Bertz CT molecular complexity index is 1080. The van der Waals surface area contributed by atoms with Crippen LogP contribution in [0.15, 0.2) is 46.3 Å². The molecule has 6 nitrogen and oxygen atoms in total. The number of nitrogen functional groups attached to an aromatic ring is 1. The number of nitrogens with zero attached hydrogens (tertiary/aromatic N) is 1. The van der Waals surface area contributed by atoms with Crippen LogP contribution in [0.3, 0.4) is 0 Å². The molecule has 33 heavy (non-hydrogen) atoms. The van der Waals surface area contributed by atoms with Gasteiger partial charge in [-0.2, -0.15) is 0 Å². The van der Waals surface area contributed by atoms with E-state index < -0.39 is 5.97 Å². The summed E-state index contributed by atoms with van der Waals surface area (Å²) in [4.78, 5) is 25.2. The minimum Gasteiger partial charge on any atom is -0.485 e. The first-order valence-corrected chi connectivity index (χ1v) is 11.8. The molecule has 0 aliphatic heterocycles. The first kappa shape index (κ1) is 26.2. The van der Waals surface area contributed by atoms with Crippen molar-refractivity contribution >= 4 is 22.6 Å². The monoisotopic (exact) mass is 454 g/mol. The van der Waals surface area contributed by atoms with E-state index in [2.05, 4.69) is 33.8 Å². The smallest absolute Gasteiger partial charge is 0.308 e. The van der Waals surface area contributed by atoms with Gasteiger partial charge in [-0.1, -0.05) is 43.4 Å². The number of hydrogen-bond acceptors (Lipinski definition) is 5. The first-order valence-electron chi connectivity index (χ1n) is 11.8. The number of benzene rings is 1. The Morgan fingerprint density at radius 3 is 2.48 bits per heavy atom. The maximum Gasteiger partial charge on any atom is 0.308 e. The fourth-order valence-electron chi connectivity index (χ4n) is 3.67. The SMILES string of the molecule is CCCCCCn1c(=O)c(OC(C)=O)c(OC/C=C(\C)CCC=C(C)C)c2ccc(N)cc21. The van der Waals surface area contributed by atoms with E-state index in [1.165, 1.54) is 18.1 Å². The largest absolute Gasteiger partial charge is 0.485 e. The molecule has 0 fully saturated rings. The molecule has 0 unspecified atom stereocenters. The van der Waals surface area contributed by atoms with E-state index in [0.717, 1.165) is 38.5 Å². The van der Waals surface area contributed by atoms with Crippen molar-refractivity contribution in [3.05, 3.63) is 51.9 Å². The van der Waals surface area contributed by atoms with Gasteiger partial charge in [0.05, 0.1) is 5.52 Å². The molecule has 0 saturated heterocycles. The van der Waals surface area contributed by atoms with Crippen molar-refractivity contribution < 1.29 is 14.3 Å². The molecule has 0 aliphatic carbocycles. The van der Waals surface area contributed by atoms with E-state index in [9.17, 15) is 9.59 Å². The Morgan fingerprint density at radius 2 is 1.82 bits per heavy atom. The van der Waals surface area contributed by atoms with Crippen LogP contribution in [-0.4, -0.2) is 17.1 Å². The van der Waals surface area contributed by atoms with Gasteiger partial charge in [-0.15, -0.1) is 0 Å². The summed E-state index contributed by atoms with van der Waals surface area (Å²) >= 11 is 0. The average molecular weight is 455 g/mol. The molecule has 0 aliphatic rings. The fraction of sp³-hybridized carbons (Fsp3) is 0.481. The highest BCUT2D eigenvalue weighted by atomic mass is 16.6. The van der Waals surface area contributed by atoms with Gasteiger partial charge in [0.15, 0.2) is 5.75 Å². The number of fused-ring (bicyclic) bond motifs is 1. The summed E-state index contributed by atoms with van der Waals surface area (Å²) in [7, 11) is 0. The molecule has 2 N–H and O–H groups in total. The van der Waals surface area contributed by atoms with E-state index in [-0.39, 0.29) is 23.7 Å². The molecule has 2 aromatic rings. The molecular formula is C27H38N2O4. The number of rotatable bonds is 12. The molecule has 0 spiro atoms. The minimum atomic E-state index is -0.558. The predicted molar refractivity (Wildman–Crippen MR) is 136 cm³/mol. The third kappa shape index (κ3) is 7.81. The number of carbonyl (C=O) groups is 1. The van der Waals surface area contributed by atoms with E-state index in [1.807, 2.05) is 12.1 Å². The lowest BCUT2D eigenvalue weighted by molar-refractivity contribution is -0.132. The third-order valence-electron chi connectivity index (χ3n) is 5.43. The summed E-state index contributed by atoms with van der Waals surface area (Å²) in [5, 5.41) is 0.700. The Morgan fingerprint density at radius 1 is 1.06 bits per heavy atom. The highest BCUT2D eigenvalue weighted by Gasteiger charge is 2.21. The van der Waals surface area contributed by atoms with E-state index in [1.54, 1.807) is 16.7 Å². The maximum atomic E-state index is 13.4. The average Bonchev–Trinajstić information content (AvgIpc) is 2.74. The zero-order chi connectivity index (χ0) is 24.4. The van der Waals surface area contributed by atoms with Crippen molar-refractivity contribution in [2.75, 3.05) is 12.3 Å². The van der Waals surface area contributed by atoms with E-state index in [4.69, 9.17) is 15.2 Å². The highest BCUT2D eigenvalue weighted by Crippen LogP contribution is 2.34. The molecule has 1 aromatic heterocycles. The first-order chi connectivity index (χ1) is 15.7. The molecule has 0 atom stereocenters. The zero-order valence-corrected chi connectivity index (χ0v) is 20.7. The second kappa shape index (κ2) is 12.9. The molecule has 6 heteroatoms. The summed E-state index contributed by atoms with van der Waals surface area (Å²) in [6.45, 7) is 10.5. The number of hydrogen-bond donors (Lipinski definition) is 1. The van der Waals surface area contributed by atoms with Crippen molar-refractivity contribution in [1.82, 2.24) is 4.57 Å². The van der Waals surface area contributed by atoms with Gasteiger partial charge >= 0.3 is 5.97 Å². The number of esters is 1. The Balaban J connectivity index is 2.44. The van der Waals surface area contributed by atoms with Gasteiger partial charge in [-0.25, -0.2) is 0 Å². The Hall–Kier alpha value is -3.02. The summed E-state index contributed by atoms with van der Waals surface area (Å²) < 4.78 is 13.1. The van der Waals surface area contributed by atoms with Crippen LogP contribution >= 0.6 is 0 Å². The standard InChI is InChI=1S/C27H38N2O4/c1-6-7-8-9-16-29-24-18-22(28)13-14-23(24)25(26(27(29)31)33-21(5)30)32-17-15-20(4)12-10-11-19(2)3/h11,13-15,18H,6-10,12,16-17,28H2,1-5H3/b20-15+. The topological polar surface area (TPSA) is 83.5 Å². The Labute approximate surface area is 197 Å². The molecule has 1 heterocycles. The number of nitrogens with two attached hydrogens (primary N) is 1. The number of ether oxygens (including phenoxy) is 2. The molecule has 0 saturated carbocycles. The summed E-state index contributed by atoms with van der Waals surface area (Å²) in [5.74, 6) is -0.341. The molecule has 0 radical (unpaired) electrons. The molecule has 180 valence electrons. The fourth-order valence-corrected chi connectivity index (χ4v) is 3.67. The number of allylic oxidation sites excluding steroid dienone is 3. The normalized spacial score (nSPS) is 11.5. The molecule has 0 bridgehead atoms. The van der Waals surface area contributed by atoms with Crippen molar-refractivity contribution in [2.24, 2.45) is 0 Å². The molecular weight excluding hydrogens is 416 g/mol. The number of unbranched alkanes of at least 4 members (excludes halogenated alkanes) is 3. The van der Waals surface area contributed by atoms with Crippen LogP contribution in [0.4, 0.5) is 5.69 Å². The lowest BCUT2D eigenvalue weighted by Gasteiger charge is -2.18. The van der Waals surface area contributed by atoms with Gasteiger partial charge < -0.3 is 19.8 Å². The van der Waals surface area contributed by atoms with E-state index >= 15 is 0 Å². The number of anilines is 1. The van der Waals surface area contributed by atoms with Gasteiger partial charge in [0.2, 0.25) is 5.75 Å². The second-order valence-corrected chi connectivity index (χ2v) is 8.73. The highest BCUT2D eigenvalue weighted by molar-refractivity contribution is 5.91. The van der Waals surface area contributed by atoms with Gasteiger partial charge in [0.25, 0.3) is 5.56 Å². The van der Waals surface area contributed by atoms with Crippen LogP contribution in [-0.2, 0) is 11.3 Å². The third-order valence-corrected chi connectivity index (χ3v) is 5.43. The van der Waals surface area contributed by atoms with Crippen LogP contribution in [0.5, 0.6) is 11.5 Å². The zero-order valence-electron chi connectivity index (χ0n) is 20.7. The predicted octanol–water partition coefficient (Wildman–Crippen LogP) is 6.16. The Kier molecular flexibility index (Phi) is 10.2. The van der Waals surface area contributed by atoms with Crippen molar-refractivity contribution in [3.8, 4) is 11.5 Å². The van der Waals surface area contributed by atoms with Gasteiger partial charge in [-0.05, 0) is 64.3 Å². The van der Waals surface area contributed by atoms with Crippen LogP contribution in [0.2, 0.25) is 0 Å². The lowest BCUT2D eigenvalue weighted by Crippen LogP contribution is -2.25. The van der Waals surface area contributed by atoms with Gasteiger partial charge in [0, 0.05) is 24.5 Å². The van der Waals surface area contributed by atoms with Crippen LogP contribution in [0, 0.1) is 0 Å². The minimum absolute atomic E-state index is 0.0640.